The minimum Gasteiger partial charge on any atom is -0.473 e. The summed E-state index contributed by atoms with van der Waals surface area (Å²) in [7, 11) is 0. The van der Waals surface area contributed by atoms with Crippen LogP contribution in [0.5, 0.6) is 5.88 Å². The summed E-state index contributed by atoms with van der Waals surface area (Å²) in [5.74, 6) is 1.39. The summed E-state index contributed by atoms with van der Waals surface area (Å²) >= 11 is 0. The Hall–Kier alpha value is -2.56. The van der Waals surface area contributed by atoms with Crippen molar-refractivity contribution >= 4 is 0 Å². The van der Waals surface area contributed by atoms with Gasteiger partial charge < -0.3 is 9.26 Å². The van der Waals surface area contributed by atoms with Crippen LogP contribution in [0.15, 0.2) is 47.1 Å². The van der Waals surface area contributed by atoms with Crippen molar-refractivity contribution in [3.8, 4) is 17.1 Å². The summed E-state index contributed by atoms with van der Waals surface area (Å²) in [6, 6.07) is 11.7. The maximum absolute atomic E-state index is 5.62. The lowest BCUT2D eigenvalue weighted by molar-refractivity contribution is 0.290. The van der Waals surface area contributed by atoms with Gasteiger partial charge in [0.2, 0.25) is 5.88 Å². The van der Waals surface area contributed by atoms with Crippen molar-refractivity contribution in [2.75, 3.05) is 0 Å². The molecule has 19 heavy (non-hydrogen) atoms. The SMILES string of the molecule is Cc1onc(-c2ccccc2)c1COc1ccn[nH]1. The third-order valence-corrected chi connectivity index (χ3v) is 2.88. The van der Waals surface area contributed by atoms with Gasteiger partial charge in [-0.3, -0.25) is 0 Å². The van der Waals surface area contributed by atoms with Gasteiger partial charge in [0.1, 0.15) is 18.1 Å². The van der Waals surface area contributed by atoms with Gasteiger partial charge in [-0.05, 0) is 6.92 Å². The lowest BCUT2D eigenvalue weighted by Gasteiger charge is -2.04. The highest BCUT2D eigenvalue weighted by Gasteiger charge is 2.15. The van der Waals surface area contributed by atoms with Crippen molar-refractivity contribution in [1.82, 2.24) is 15.4 Å². The molecule has 1 aromatic carbocycles. The Balaban J connectivity index is 1.87. The molecule has 0 radical (unpaired) electrons. The largest absolute Gasteiger partial charge is 0.473 e. The summed E-state index contributed by atoms with van der Waals surface area (Å²) in [5, 5.41) is 10.7. The van der Waals surface area contributed by atoms with E-state index in [0.29, 0.717) is 12.5 Å². The highest BCUT2D eigenvalue weighted by atomic mass is 16.5. The van der Waals surface area contributed by atoms with Gasteiger partial charge >= 0.3 is 0 Å². The van der Waals surface area contributed by atoms with E-state index in [1.165, 1.54) is 0 Å². The molecule has 0 amide bonds. The first-order valence-electron chi connectivity index (χ1n) is 5.97. The number of aromatic amines is 1. The van der Waals surface area contributed by atoms with E-state index in [2.05, 4.69) is 15.4 Å². The van der Waals surface area contributed by atoms with Gasteiger partial charge in [-0.15, -0.1) is 0 Å². The van der Waals surface area contributed by atoms with E-state index in [1.807, 2.05) is 37.3 Å². The fourth-order valence-corrected chi connectivity index (χ4v) is 1.86. The minimum absolute atomic E-state index is 0.391. The number of hydrogen-bond acceptors (Lipinski definition) is 4. The fourth-order valence-electron chi connectivity index (χ4n) is 1.86. The van der Waals surface area contributed by atoms with Crippen LogP contribution in [-0.2, 0) is 6.61 Å². The Morgan fingerprint density at radius 2 is 2.05 bits per heavy atom. The zero-order valence-electron chi connectivity index (χ0n) is 10.5. The van der Waals surface area contributed by atoms with Crippen LogP contribution in [-0.4, -0.2) is 15.4 Å². The van der Waals surface area contributed by atoms with Gasteiger partial charge in [-0.1, -0.05) is 35.5 Å². The van der Waals surface area contributed by atoms with Crippen molar-refractivity contribution < 1.29 is 9.26 Å². The second-order valence-corrected chi connectivity index (χ2v) is 4.14. The van der Waals surface area contributed by atoms with E-state index in [-0.39, 0.29) is 0 Å². The highest BCUT2D eigenvalue weighted by molar-refractivity contribution is 5.63. The van der Waals surface area contributed by atoms with E-state index < -0.39 is 0 Å². The average molecular weight is 255 g/mol. The van der Waals surface area contributed by atoms with Crippen molar-refractivity contribution in [3.63, 3.8) is 0 Å². The maximum atomic E-state index is 5.62. The number of H-pyrrole nitrogens is 1. The average Bonchev–Trinajstić information content (AvgIpc) is 3.07. The monoisotopic (exact) mass is 255 g/mol. The van der Waals surface area contributed by atoms with Crippen molar-refractivity contribution in [3.05, 3.63) is 53.9 Å². The molecule has 0 saturated heterocycles. The summed E-state index contributed by atoms with van der Waals surface area (Å²) in [4.78, 5) is 0. The van der Waals surface area contributed by atoms with Gasteiger partial charge in [0.25, 0.3) is 0 Å². The van der Waals surface area contributed by atoms with Gasteiger partial charge in [0.05, 0.1) is 11.8 Å². The lowest BCUT2D eigenvalue weighted by Crippen LogP contribution is -1.98. The van der Waals surface area contributed by atoms with E-state index in [9.17, 15) is 0 Å². The lowest BCUT2D eigenvalue weighted by atomic mass is 10.1. The molecule has 2 heterocycles. The standard InChI is InChI=1S/C14H13N3O2/c1-10-12(9-18-13-7-8-15-16-13)14(17-19-10)11-5-3-2-4-6-11/h2-8H,9H2,1H3,(H,15,16). The number of aromatic nitrogens is 3. The van der Waals surface area contributed by atoms with Crippen LogP contribution in [0.25, 0.3) is 11.3 Å². The van der Waals surface area contributed by atoms with Crippen molar-refractivity contribution in [2.24, 2.45) is 0 Å². The Labute approximate surface area is 110 Å². The van der Waals surface area contributed by atoms with Crippen LogP contribution in [0.1, 0.15) is 11.3 Å². The van der Waals surface area contributed by atoms with Crippen LogP contribution in [0, 0.1) is 6.92 Å². The molecule has 0 bridgehead atoms. The molecule has 0 unspecified atom stereocenters. The molecule has 0 aliphatic heterocycles. The number of nitrogens with one attached hydrogen (secondary N) is 1. The van der Waals surface area contributed by atoms with Crippen LogP contribution in [0.4, 0.5) is 0 Å². The first kappa shape index (κ1) is 11.5. The molecular weight excluding hydrogens is 242 g/mol. The maximum Gasteiger partial charge on any atom is 0.209 e. The predicted octanol–water partition coefficient (Wildman–Crippen LogP) is 2.95. The molecule has 3 aromatic rings. The van der Waals surface area contributed by atoms with Crippen molar-refractivity contribution in [2.45, 2.75) is 13.5 Å². The van der Waals surface area contributed by atoms with Crippen LogP contribution >= 0.6 is 0 Å². The molecule has 0 spiro atoms. The van der Waals surface area contributed by atoms with Gasteiger partial charge in [0.15, 0.2) is 0 Å². The van der Waals surface area contributed by atoms with Gasteiger partial charge in [0, 0.05) is 11.6 Å². The third-order valence-electron chi connectivity index (χ3n) is 2.88. The summed E-state index contributed by atoms with van der Waals surface area (Å²) in [6.45, 7) is 2.27. The summed E-state index contributed by atoms with van der Waals surface area (Å²) < 4.78 is 10.9. The molecule has 0 fully saturated rings. The molecule has 96 valence electrons. The number of aryl methyl sites for hydroxylation is 1. The first-order valence-corrected chi connectivity index (χ1v) is 5.97. The Bertz CT molecular complexity index is 645. The normalized spacial score (nSPS) is 10.6. The molecule has 0 aliphatic carbocycles. The molecule has 3 rings (SSSR count). The van der Waals surface area contributed by atoms with Crippen LogP contribution in [0.3, 0.4) is 0 Å². The first-order chi connectivity index (χ1) is 9.34. The molecule has 0 atom stereocenters. The summed E-state index contributed by atoms with van der Waals surface area (Å²) in [5.41, 5.74) is 2.78. The van der Waals surface area contributed by atoms with Gasteiger partial charge in [-0.25, -0.2) is 5.10 Å². The van der Waals surface area contributed by atoms with E-state index in [0.717, 1.165) is 22.6 Å². The van der Waals surface area contributed by atoms with Crippen LogP contribution < -0.4 is 4.74 Å². The number of nitrogens with zero attached hydrogens (tertiary/aromatic N) is 2. The molecule has 0 saturated carbocycles. The van der Waals surface area contributed by atoms with Crippen molar-refractivity contribution in [1.29, 1.82) is 0 Å². The number of ether oxygens (including phenoxy) is 1. The Morgan fingerprint density at radius 1 is 1.21 bits per heavy atom. The van der Waals surface area contributed by atoms with E-state index in [4.69, 9.17) is 9.26 Å². The third kappa shape index (κ3) is 2.35. The second kappa shape index (κ2) is 4.97. The molecule has 1 N–H and O–H groups in total. The fraction of sp³-hybridized carbons (Fsp3) is 0.143. The summed E-state index contributed by atoms with van der Waals surface area (Å²) in [6.07, 6.45) is 1.65. The topological polar surface area (TPSA) is 63.9 Å². The Kier molecular flexibility index (Phi) is 3.02. The predicted molar refractivity (Wildman–Crippen MR) is 69.6 cm³/mol. The number of rotatable bonds is 4. The molecule has 5 heteroatoms. The molecular formula is C14H13N3O2. The van der Waals surface area contributed by atoms with E-state index >= 15 is 0 Å². The zero-order chi connectivity index (χ0) is 13.1. The highest BCUT2D eigenvalue weighted by Crippen LogP contribution is 2.25. The Morgan fingerprint density at radius 3 is 2.79 bits per heavy atom. The van der Waals surface area contributed by atoms with Gasteiger partial charge in [-0.2, -0.15) is 5.10 Å². The second-order valence-electron chi connectivity index (χ2n) is 4.14. The molecule has 0 aliphatic rings. The molecule has 5 nitrogen and oxygen atoms in total. The number of hydrogen-bond donors (Lipinski definition) is 1. The number of benzene rings is 1. The zero-order valence-corrected chi connectivity index (χ0v) is 10.5. The van der Waals surface area contributed by atoms with Crippen LogP contribution in [0.2, 0.25) is 0 Å². The molecule has 2 aromatic heterocycles. The minimum atomic E-state index is 0.391. The van der Waals surface area contributed by atoms with E-state index in [1.54, 1.807) is 12.3 Å². The smallest absolute Gasteiger partial charge is 0.209 e. The quantitative estimate of drug-likeness (QED) is 0.778.